The van der Waals surface area contributed by atoms with Gasteiger partial charge in [0.25, 0.3) is 0 Å². The average molecular weight is 229 g/mol. The molecule has 1 aliphatic carbocycles. The van der Waals surface area contributed by atoms with Gasteiger partial charge >= 0.3 is 0 Å². The summed E-state index contributed by atoms with van der Waals surface area (Å²) < 4.78 is 1.85. The van der Waals surface area contributed by atoms with E-state index in [9.17, 15) is 5.11 Å². The number of fused-ring (bicyclic) bond motifs is 1. The molecule has 3 rings (SSSR count). The zero-order valence-electron chi connectivity index (χ0n) is 9.72. The van der Waals surface area contributed by atoms with E-state index in [2.05, 4.69) is 10.4 Å². The molecule has 1 aromatic carbocycles. The topological polar surface area (TPSA) is 50.1 Å². The van der Waals surface area contributed by atoms with Gasteiger partial charge in [-0.2, -0.15) is 5.10 Å². The summed E-state index contributed by atoms with van der Waals surface area (Å²) in [6, 6.07) is 7.69. The Balaban J connectivity index is 2.10. The predicted octanol–water partition coefficient (Wildman–Crippen LogP) is 1.78. The maximum Gasteiger partial charge on any atom is 0.141 e. The van der Waals surface area contributed by atoms with E-state index in [-0.39, 0.29) is 5.75 Å². The Morgan fingerprint density at radius 3 is 3.00 bits per heavy atom. The van der Waals surface area contributed by atoms with Gasteiger partial charge in [0.05, 0.1) is 6.20 Å². The average Bonchev–Trinajstić information content (AvgIpc) is 2.90. The minimum atomic E-state index is 0.270. The lowest BCUT2D eigenvalue weighted by Crippen LogP contribution is -2.12. The van der Waals surface area contributed by atoms with Gasteiger partial charge in [0.1, 0.15) is 11.4 Å². The summed E-state index contributed by atoms with van der Waals surface area (Å²) in [6.07, 6.45) is 3.99. The van der Waals surface area contributed by atoms with E-state index in [4.69, 9.17) is 0 Å². The molecular weight excluding hydrogens is 214 g/mol. The molecule has 4 nitrogen and oxygen atoms in total. The molecule has 88 valence electrons. The van der Waals surface area contributed by atoms with Crippen LogP contribution < -0.4 is 5.32 Å². The molecule has 4 heteroatoms. The number of phenolic OH excluding ortho intramolecular Hbond substituents is 1. The van der Waals surface area contributed by atoms with Gasteiger partial charge in [-0.3, -0.25) is 0 Å². The van der Waals surface area contributed by atoms with Crippen molar-refractivity contribution in [2.24, 2.45) is 0 Å². The Morgan fingerprint density at radius 1 is 1.41 bits per heavy atom. The molecule has 0 saturated carbocycles. The molecule has 0 aliphatic heterocycles. The van der Waals surface area contributed by atoms with Gasteiger partial charge in [0.15, 0.2) is 0 Å². The van der Waals surface area contributed by atoms with Crippen molar-refractivity contribution in [2.45, 2.75) is 18.9 Å². The Labute approximate surface area is 99.9 Å². The lowest BCUT2D eigenvalue weighted by Gasteiger charge is -2.07. The summed E-state index contributed by atoms with van der Waals surface area (Å²) in [6.45, 7) is 0. The monoisotopic (exact) mass is 229 g/mol. The standard InChI is InChI=1S/C13H15N3O/c1-14-10-6-7-11-9(10)8-15-16(11)12-4-2-3-5-13(12)17/h2-5,8,10,14,17H,6-7H2,1H3. The fourth-order valence-electron chi connectivity index (χ4n) is 2.52. The zero-order valence-corrected chi connectivity index (χ0v) is 9.72. The maximum atomic E-state index is 9.86. The largest absolute Gasteiger partial charge is 0.506 e. The lowest BCUT2D eigenvalue weighted by molar-refractivity contribution is 0.469. The highest BCUT2D eigenvalue weighted by Gasteiger charge is 2.26. The first-order valence-electron chi connectivity index (χ1n) is 5.83. The van der Waals surface area contributed by atoms with Crippen molar-refractivity contribution in [3.63, 3.8) is 0 Å². The Hall–Kier alpha value is -1.81. The smallest absolute Gasteiger partial charge is 0.141 e. The number of benzene rings is 1. The molecule has 0 saturated heterocycles. The number of hydrogen-bond donors (Lipinski definition) is 2. The molecule has 1 unspecified atom stereocenters. The van der Waals surface area contributed by atoms with Crippen LogP contribution in [0, 0.1) is 0 Å². The number of nitrogens with zero attached hydrogens (tertiary/aromatic N) is 2. The summed E-state index contributed by atoms with van der Waals surface area (Å²) in [5, 5.41) is 17.5. The number of nitrogens with one attached hydrogen (secondary N) is 1. The van der Waals surface area contributed by atoms with Crippen molar-refractivity contribution >= 4 is 0 Å². The second-order valence-corrected chi connectivity index (χ2v) is 4.33. The SMILES string of the molecule is CNC1CCc2c1cnn2-c1ccccc1O. The fourth-order valence-corrected chi connectivity index (χ4v) is 2.52. The van der Waals surface area contributed by atoms with Gasteiger partial charge in [0.2, 0.25) is 0 Å². The number of aromatic hydroxyl groups is 1. The number of phenols is 1. The van der Waals surface area contributed by atoms with E-state index >= 15 is 0 Å². The first-order valence-corrected chi connectivity index (χ1v) is 5.83. The number of aromatic nitrogens is 2. The molecule has 0 spiro atoms. The van der Waals surface area contributed by atoms with Crippen molar-refractivity contribution in [1.29, 1.82) is 0 Å². The Kier molecular flexibility index (Phi) is 2.37. The molecule has 1 aromatic heterocycles. The second kappa shape index (κ2) is 3.89. The van der Waals surface area contributed by atoms with E-state index in [1.165, 1.54) is 11.3 Å². The van der Waals surface area contributed by atoms with Crippen LogP contribution >= 0.6 is 0 Å². The van der Waals surface area contributed by atoms with Crippen molar-refractivity contribution < 1.29 is 5.11 Å². The first-order chi connectivity index (χ1) is 8.31. The molecule has 1 heterocycles. The summed E-state index contributed by atoms with van der Waals surface area (Å²) in [7, 11) is 1.97. The number of hydrogen-bond acceptors (Lipinski definition) is 3. The van der Waals surface area contributed by atoms with Crippen LogP contribution in [0.4, 0.5) is 0 Å². The number of para-hydroxylation sites is 2. The van der Waals surface area contributed by atoms with Crippen LogP contribution in [0.2, 0.25) is 0 Å². The molecule has 17 heavy (non-hydrogen) atoms. The van der Waals surface area contributed by atoms with Gasteiger partial charge in [-0.15, -0.1) is 0 Å². The molecule has 2 aromatic rings. The Bertz CT molecular complexity index is 547. The quantitative estimate of drug-likeness (QED) is 0.825. The zero-order chi connectivity index (χ0) is 11.8. The summed E-state index contributed by atoms with van der Waals surface area (Å²) in [4.78, 5) is 0. The van der Waals surface area contributed by atoms with Gasteiger partial charge in [-0.1, -0.05) is 12.1 Å². The highest BCUT2D eigenvalue weighted by atomic mass is 16.3. The second-order valence-electron chi connectivity index (χ2n) is 4.33. The third-order valence-corrected chi connectivity index (χ3v) is 3.40. The normalized spacial score (nSPS) is 18.3. The molecule has 0 bridgehead atoms. The van der Waals surface area contributed by atoms with Crippen LogP contribution in [-0.4, -0.2) is 21.9 Å². The van der Waals surface area contributed by atoms with E-state index < -0.39 is 0 Å². The van der Waals surface area contributed by atoms with Crippen molar-refractivity contribution in [2.75, 3.05) is 7.05 Å². The highest BCUT2D eigenvalue weighted by molar-refractivity contribution is 5.47. The Morgan fingerprint density at radius 2 is 2.24 bits per heavy atom. The minimum Gasteiger partial charge on any atom is -0.506 e. The van der Waals surface area contributed by atoms with Crippen LogP contribution in [0.5, 0.6) is 5.75 Å². The summed E-state index contributed by atoms with van der Waals surface area (Å²) >= 11 is 0. The van der Waals surface area contributed by atoms with Gasteiger partial charge in [-0.05, 0) is 32.0 Å². The van der Waals surface area contributed by atoms with Crippen molar-refractivity contribution in [3.05, 3.63) is 41.7 Å². The van der Waals surface area contributed by atoms with E-state index in [1.54, 1.807) is 6.07 Å². The van der Waals surface area contributed by atoms with Crippen LogP contribution in [0.25, 0.3) is 5.69 Å². The lowest BCUT2D eigenvalue weighted by atomic mass is 10.2. The first kappa shape index (κ1) is 10.4. The molecule has 0 fully saturated rings. The highest BCUT2D eigenvalue weighted by Crippen LogP contribution is 2.33. The van der Waals surface area contributed by atoms with E-state index in [0.717, 1.165) is 18.5 Å². The third-order valence-electron chi connectivity index (χ3n) is 3.40. The fraction of sp³-hybridized carbons (Fsp3) is 0.308. The summed E-state index contributed by atoms with van der Waals surface area (Å²) in [5.41, 5.74) is 3.20. The molecule has 1 aliphatic rings. The van der Waals surface area contributed by atoms with Gasteiger partial charge < -0.3 is 10.4 Å². The molecule has 0 radical (unpaired) electrons. The van der Waals surface area contributed by atoms with Crippen LogP contribution in [-0.2, 0) is 6.42 Å². The molecular formula is C13H15N3O. The predicted molar refractivity (Wildman–Crippen MR) is 65.4 cm³/mol. The molecule has 0 amide bonds. The van der Waals surface area contributed by atoms with E-state index in [0.29, 0.717) is 6.04 Å². The van der Waals surface area contributed by atoms with Crippen molar-refractivity contribution in [1.82, 2.24) is 15.1 Å². The molecule has 2 N–H and O–H groups in total. The third kappa shape index (κ3) is 1.52. The maximum absolute atomic E-state index is 9.86. The summed E-state index contributed by atoms with van der Waals surface area (Å²) in [5.74, 6) is 0.270. The van der Waals surface area contributed by atoms with Crippen LogP contribution in [0.15, 0.2) is 30.5 Å². The molecule has 1 atom stereocenters. The van der Waals surface area contributed by atoms with Crippen molar-refractivity contribution in [3.8, 4) is 11.4 Å². The minimum absolute atomic E-state index is 0.270. The van der Waals surface area contributed by atoms with Gasteiger partial charge in [-0.25, -0.2) is 4.68 Å². The van der Waals surface area contributed by atoms with E-state index in [1.807, 2.05) is 36.1 Å². The van der Waals surface area contributed by atoms with Crippen LogP contribution in [0.1, 0.15) is 23.7 Å². The van der Waals surface area contributed by atoms with Crippen LogP contribution in [0.3, 0.4) is 0 Å². The number of rotatable bonds is 2. The van der Waals surface area contributed by atoms with Gasteiger partial charge in [0, 0.05) is 17.3 Å².